The van der Waals surface area contributed by atoms with Gasteiger partial charge >= 0.3 is 0 Å². The van der Waals surface area contributed by atoms with E-state index in [1.165, 1.54) is 0 Å². The maximum Gasteiger partial charge on any atom is 0.242 e. The highest BCUT2D eigenvalue weighted by Crippen LogP contribution is 2.13. The van der Waals surface area contributed by atoms with Gasteiger partial charge in [-0.05, 0) is 17.7 Å². The molecule has 6 heteroatoms. The summed E-state index contributed by atoms with van der Waals surface area (Å²) in [6.45, 7) is 2.99. The van der Waals surface area contributed by atoms with Crippen molar-refractivity contribution in [1.82, 2.24) is 15.1 Å². The standard InChI is InChI=1S/C17H21ClN4O/c1-3-4-9-20-17(19-2)22-11-10-21(16(23)13-22)12-14-5-7-15(18)8-6-14/h1,5-8H,4,9-13H2,2H3,(H,19,20). The van der Waals surface area contributed by atoms with Crippen molar-refractivity contribution in [2.24, 2.45) is 4.99 Å². The van der Waals surface area contributed by atoms with Crippen LogP contribution in [0.25, 0.3) is 0 Å². The molecule has 2 rings (SSSR count). The Kier molecular flexibility index (Phi) is 6.30. The first-order chi connectivity index (χ1) is 11.1. The van der Waals surface area contributed by atoms with Crippen molar-refractivity contribution in [3.05, 3.63) is 34.9 Å². The van der Waals surface area contributed by atoms with E-state index in [1.54, 1.807) is 7.05 Å². The summed E-state index contributed by atoms with van der Waals surface area (Å²) in [5.74, 6) is 3.39. The normalized spacial score (nSPS) is 15.5. The zero-order valence-corrected chi connectivity index (χ0v) is 14.0. The molecule has 1 aliphatic rings. The van der Waals surface area contributed by atoms with E-state index >= 15 is 0 Å². The van der Waals surface area contributed by atoms with Gasteiger partial charge in [0.15, 0.2) is 5.96 Å². The molecule has 1 amide bonds. The number of amides is 1. The van der Waals surface area contributed by atoms with Crippen LogP contribution >= 0.6 is 11.6 Å². The third-order valence-corrected chi connectivity index (χ3v) is 3.92. The molecule has 0 aromatic heterocycles. The second-order valence-corrected chi connectivity index (χ2v) is 5.73. The summed E-state index contributed by atoms with van der Waals surface area (Å²) in [5.41, 5.74) is 1.08. The monoisotopic (exact) mass is 332 g/mol. The predicted octanol–water partition coefficient (Wildman–Crippen LogP) is 1.58. The number of nitrogens with one attached hydrogen (secondary N) is 1. The third-order valence-electron chi connectivity index (χ3n) is 3.67. The van der Waals surface area contributed by atoms with Crippen molar-refractivity contribution in [2.45, 2.75) is 13.0 Å². The molecule has 1 saturated heterocycles. The number of terminal acetylenes is 1. The van der Waals surface area contributed by atoms with Crippen LogP contribution in [-0.2, 0) is 11.3 Å². The number of rotatable bonds is 4. The molecule has 1 heterocycles. The molecule has 0 atom stereocenters. The van der Waals surface area contributed by atoms with E-state index in [-0.39, 0.29) is 5.91 Å². The zero-order chi connectivity index (χ0) is 16.7. The number of piperazine rings is 1. The molecule has 0 aliphatic carbocycles. The van der Waals surface area contributed by atoms with E-state index in [4.69, 9.17) is 18.0 Å². The van der Waals surface area contributed by atoms with Crippen molar-refractivity contribution in [1.29, 1.82) is 0 Å². The number of halogens is 1. The van der Waals surface area contributed by atoms with Crippen LogP contribution < -0.4 is 5.32 Å². The number of carbonyl (C=O) groups is 1. The van der Waals surface area contributed by atoms with Crippen molar-refractivity contribution in [3.63, 3.8) is 0 Å². The summed E-state index contributed by atoms with van der Waals surface area (Å²) < 4.78 is 0. The molecule has 0 spiro atoms. The molecular formula is C17H21ClN4O. The minimum absolute atomic E-state index is 0.0890. The highest BCUT2D eigenvalue weighted by Gasteiger charge is 2.25. The molecular weight excluding hydrogens is 312 g/mol. The minimum atomic E-state index is 0.0890. The Balaban J connectivity index is 1.90. The lowest BCUT2D eigenvalue weighted by Gasteiger charge is -2.36. The fourth-order valence-electron chi connectivity index (χ4n) is 2.45. The summed E-state index contributed by atoms with van der Waals surface area (Å²) in [6, 6.07) is 7.58. The smallest absolute Gasteiger partial charge is 0.242 e. The summed E-state index contributed by atoms with van der Waals surface area (Å²) in [4.78, 5) is 20.4. The number of hydrogen-bond acceptors (Lipinski definition) is 2. The van der Waals surface area contributed by atoms with E-state index in [1.807, 2.05) is 34.1 Å². The van der Waals surface area contributed by atoms with Gasteiger partial charge in [-0.2, -0.15) is 0 Å². The molecule has 1 aliphatic heterocycles. The van der Waals surface area contributed by atoms with Gasteiger partial charge in [0, 0.05) is 44.7 Å². The molecule has 0 saturated carbocycles. The molecule has 1 N–H and O–H groups in total. The Bertz CT molecular complexity index is 606. The maximum absolute atomic E-state index is 12.4. The van der Waals surface area contributed by atoms with Gasteiger partial charge in [-0.1, -0.05) is 23.7 Å². The first-order valence-electron chi connectivity index (χ1n) is 7.55. The van der Waals surface area contributed by atoms with E-state index in [0.717, 1.165) is 18.1 Å². The average Bonchev–Trinajstić information content (AvgIpc) is 2.56. The van der Waals surface area contributed by atoms with Crippen LogP contribution in [0.1, 0.15) is 12.0 Å². The summed E-state index contributed by atoms with van der Waals surface area (Å²) in [6.07, 6.45) is 5.87. The Morgan fingerprint density at radius 3 is 2.74 bits per heavy atom. The fraction of sp³-hybridized carbons (Fsp3) is 0.412. The Morgan fingerprint density at radius 2 is 2.13 bits per heavy atom. The lowest BCUT2D eigenvalue weighted by Crippen LogP contribution is -2.55. The van der Waals surface area contributed by atoms with Gasteiger partial charge in [-0.3, -0.25) is 9.79 Å². The van der Waals surface area contributed by atoms with E-state index in [9.17, 15) is 4.79 Å². The number of nitrogens with zero attached hydrogens (tertiary/aromatic N) is 3. The van der Waals surface area contributed by atoms with E-state index in [2.05, 4.69) is 16.2 Å². The summed E-state index contributed by atoms with van der Waals surface area (Å²) in [5, 5.41) is 3.88. The third kappa shape index (κ3) is 4.90. The van der Waals surface area contributed by atoms with E-state index < -0.39 is 0 Å². The molecule has 1 aromatic carbocycles. The SMILES string of the molecule is C#CCCNC(=NC)N1CCN(Cc2ccc(Cl)cc2)C(=O)C1. The van der Waals surface area contributed by atoms with Gasteiger partial charge in [0.2, 0.25) is 5.91 Å². The molecule has 0 unspecified atom stereocenters. The topological polar surface area (TPSA) is 47.9 Å². The van der Waals surface area contributed by atoms with Gasteiger partial charge in [0.1, 0.15) is 0 Å². The highest BCUT2D eigenvalue weighted by atomic mass is 35.5. The quantitative estimate of drug-likeness (QED) is 0.394. The van der Waals surface area contributed by atoms with Crippen molar-refractivity contribution in [2.75, 3.05) is 33.2 Å². The van der Waals surface area contributed by atoms with Crippen LogP contribution in [0.15, 0.2) is 29.3 Å². The first kappa shape index (κ1) is 17.2. The van der Waals surface area contributed by atoms with Crippen molar-refractivity contribution >= 4 is 23.5 Å². The van der Waals surface area contributed by atoms with Crippen LogP contribution in [0.3, 0.4) is 0 Å². The Labute approximate surface area is 142 Å². The van der Waals surface area contributed by atoms with Crippen LogP contribution in [-0.4, -0.2) is 54.9 Å². The Morgan fingerprint density at radius 1 is 1.39 bits per heavy atom. The summed E-state index contributed by atoms with van der Waals surface area (Å²) >= 11 is 5.89. The number of benzene rings is 1. The lowest BCUT2D eigenvalue weighted by molar-refractivity contribution is -0.135. The minimum Gasteiger partial charge on any atom is -0.355 e. The van der Waals surface area contributed by atoms with Gasteiger partial charge < -0.3 is 15.1 Å². The molecule has 1 aromatic rings. The van der Waals surface area contributed by atoms with Crippen molar-refractivity contribution < 1.29 is 4.79 Å². The fourth-order valence-corrected chi connectivity index (χ4v) is 2.57. The predicted molar refractivity (Wildman–Crippen MR) is 93.3 cm³/mol. The molecule has 23 heavy (non-hydrogen) atoms. The molecule has 0 radical (unpaired) electrons. The van der Waals surface area contributed by atoms with Crippen molar-refractivity contribution in [3.8, 4) is 12.3 Å². The Hall–Kier alpha value is -2.19. The van der Waals surface area contributed by atoms with Crippen LogP contribution in [0.4, 0.5) is 0 Å². The second kappa shape index (κ2) is 8.44. The van der Waals surface area contributed by atoms with Gasteiger partial charge in [0.25, 0.3) is 0 Å². The molecule has 0 bridgehead atoms. The molecule has 1 fully saturated rings. The summed E-state index contributed by atoms with van der Waals surface area (Å²) in [7, 11) is 1.71. The lowest BCUT2D eigenvalue weighted by atomic mass is 10.2. The first-order valence-corrected chi connectivity index (χ1v) is 7.93. The number of carbonyl (C=O) groups excluding carboxylic acids is 1. The average molecular weight is 333 g/mol. The van der Waals surface area contributed by atoms with Crippen LogP contribution in [0, 0.1) is 12.3 Å². The van der Waals surface area contributed by atoms with Crippen LogP contribution in [0.5, 0.6) is 0 Å². The van der Waals surface area contributed by atoms with Crippen LogP contribution in [0.2, 0.25) is 5.02 Å². The number of hydrogen-bond donors (Lipinski definition) is 1. The highest BCUT2D eigenvalue weighted by molar-refractivity contribution is 6.30. The van der Waals surface area contributed by atoms with Gasteiger partial charge in [0.05, 0.1) is 6.54 Å². The number of guanidine groups is 1. The zero-order valence-electron chi connectivity index (χ0n) is 13.3. The second-order valence-electron chi connectivity index (χ2n) is 5.29. The maximum atomic E-state index is 12.4. The van der Waals surface area contributed by atoms with Gasteiger partial charge in [-0.15, -0.1) is 12.3 Å². The number of aliphatic imine (C=N–C) groups is 1. The van der Waals surface area contributed by atoms with E-state index in [0.29, 0.717) is 37.6 Å². The molecule has 5 nitrogen and oxygen atoms in total. The van der Waals surface area contributed by atoms with Gasteiger partial charge in [-0.25, -0.2) is 0 Å². The largest absolute Gasteiger partial charge is 0.355 e. The molecule has 122 valence electrons.